The highest BCUT2D eigenvalue weighted by atomic mass is 35.5. The molecule has 0 amide bonds. The van der Waals surface area contributed by atoms with Crippen molar-refractivity contribution in [3.05, 3.63) is 28.5 Å². The molecule has 2 rings (SSSR count). The largest absolute Gasteiger partial charge is 0.313 e. The van der Waals surface area contributed by atoms with Crippen LogP contribution in [0.15, 0.2) is 17.0 Å². The smallest absolute Gasteiger partial charge is 0.240 e. The fraction of sp³-hybridized carbons (Fsp3) is 0.571. The number of halogens is 2. The maximum absolute atomic E-state index is 13.8. The first kappa shape index (κ1) is 16.7. The molecule has 7 heteroatoms. The highest BCUT2D eigenvalue weighted by Crippen LogP contribution is 2.29. The van der Waals surface area contributed by atoms with Gasteiger partial charge in [-0.1, -0.05) is 18.5 Å². The Morgan fingerprint density at radius 3 is 2.71 bits per heavy atom. The zero-order valence-corrected chi connectivity index (χ0v) is 13.5. The van der Waals surface area contributed by atoms with Crippen LogP contribution in [0.3, 0.4) is 0 Å². The van der Waals surface area contributed by atoms with Gasteiger partial charge in [-0.2, -0.15) is 0 Å². The van der Waals surface area contributed by atoms with Crippen LogP contribution < -0.4 is 10.0 Å². The van der Waals surface area contributed by atoms with E-state index in [9.17, 15) is 12.8 Å². The Balaban J connectivity index is 2.17. The maximum atomic E-state index is 13.8. The molecule has 1 fully saturated rings. The summed E-state index contributed by atoms with van der Waals surface area (Å²) in [5, 5.41) is 3.06. The van der Waals surface area contributed by atoms with E-state index in [1.807, 2.05) is 6.92 Å². The van der Waals surface area contributed by atoms with E-state index in [2.05, 4.69) is 10.0 Å². The molecule has 2 N–H and O–H groups in total. The van der Waals surface area contributed by atoms with Crippen molar-refractivity contribution in [2.75, 3.05) is 13.1 Å². The molecule has 0 aliphatic heterocycles. The third-order valence-corrected chi connectivity index (χ3v) is 5.21. The molecule has 0 unspecified atom stereocenters. The van der Waals surface area contributed by atoms with Crippen LogP contribution in [0.5, 0.6) is 0 Å². The lowest BCUT2D eigenvalue weighted by molar-refractivity contribution is 0.572. The highest BCUT2D eigenvalue weighted by molar-refractivity contribution is 7.89. The van der Waals surface area contributed by atoms with Crippen LogP contribution in [0.25, 0.3) is 0 Å². The molecule has 118 valence electrons. The monoisotopic (exact) mass is 334 g/mol. The summed E-state index contributed by atoms with van der Waals surface area (Å²) in [6, 6.07) is 2.41. The van der Waals surface area contributed by atoms with Gasteiger partial charge in [0.05, 0.1) is 9.92 Å². The highest BCUT2D eigenvalue weighted by Gasteiger charge is 2.25. The van der Waals surface area contributed by atoms with Crippen LogP contribution in [-0.2, 0) is 16.6 Å². The molecule has 4 nitrogen and oxygen atoms in total. The standard InChI is InChI=1S/C14H20ClFN2O2S/c1-2-5-17-9-11-6-12(7-13(16)14(11)15)21(19,20)18-8-10-3-4-10/h6-7,10,17-18H,2-5,8-9H2,1H3. The second-order valence-electron chi connectivity index (χ2n) is 5.35. The molecule has 0 atom stereocenters. The van der Waals surface area contributed by atoms with Crippen LogP contribution in [0.2, 0.25) is 5.02 Å². The zero-order chi connectivity index (χ0) is 15.5. The molecule has 1 aliphatic carbocycles. The van der Waals surface area contributed by atoms with E-state index >= 15 is 0 Å². The van der Waals surface area contributed by atoms with Gasteiger partial charge in [0.15, 0.2) is 0 Å². The van der Waals surface area contributed by atoms with Gasteiger partial charge in [0, 0.05) is 13.1 Å². The molecule has 0 heterocycles. The molecule has 0 bridgehead atoms. The van der Waals surface area contributed by atoms with Crippen molar-refractivity contribution < 1.29 is 12.8 Å². The van der Waals surface area contributed by atoms with Crippen LogP contribution in [0.1, 0.15) is 31.7 Å². The predicted octanol–water partition coefficient (Wildman–Crippen LogP) is 2.67. The van der Waals surface area contributed by atoms with Crippen LogP contribution in [0.4, 0.5) is 4.39 Å². The Kier molecular flexibility index (Phi) is 5.60. The summed E-state index contributed by atoms with van der Waals surface area (Å²) in [6.45, 7) is 3.53. The predicted molar refractivity (Wildman–Crippen MR) is 81.3 cm³/mol. The van der Waals surface area contributed by atoms with Crippen molar-refractivity contribution in [3.63, 3.8) is 0 Å². The van der Waals surface area contributed by atoms with Gasteiger partial charge in [0.2, 0.25) is 10.0 Å². The molecule has 0 spiro atoms. The van der Waals surface area contributed by atoms with Crippen LogP contribution in [-0.4, -0.2) is 21.5 Å². The molecule has 0 saturated heterocycles. The second-order valence-corrected chi connectivity index (χ2v) is 7.50. The van der Waals surface area contributed by atoms with Crippen molar-refractivity contribution in [1.82, 2.24) is 10.0 Å². The number of sulfonamides is 1. The van der Waals surface area contributed by atoms with Gasteiger partial charge in [-0.15, -0.1) is 0 Å². The Morgan fingerprint density at radius 2 is 2.10 bits per heavy atom. The summed E-state index contributed by atoms with van der Waals surface area (Å²) in [4.78, 5) is -0.0710. The first-order chi connectivity index (χ1) is 9.94. The van der Waals surface area contributed by atoms with E-state index in [0.717, 1.165) is 31.9 Å². The van der Waals surface area contributed by atoms with E-state index in [1.165, 1.54) is 6.07 Å². The van der Waals surface area contributed by atoms with E-state index in [-0.39, 0.29) is 9.92 Å². The van der Waals surface area contributed by atoms with Crippen molar-refractivity contribution in [1.29, 1.82) is 0 Å². The summed E-state index contributed by atoms with van der Waals surface area (Å²) in [7, 11) is -3.68. The molecule has 1 aromatic rings. The van der Waals surface area contributed by atoms with E-state index in [0.29, 0.717) is 24.6 Å². The number of nitrogens with one attached hydrogen (secondary N) is 2. The first-order valence-electron chi connectivity index (χ1n) is 7.12. The minimum atomic E-state index is -3.68. The van der Waals surface area contributed by atoms with Gasteiger partial charge < -0.3 is 5.32 Å². The third-order valence-electron chi connectivity index (χ3n) is 3.39. The maximum Gasteiger partial charge on any atom is 0.240 e. The molecular weight excluding hydrogens is 315 g/mol. The van der Waals surface area contributed by atoms with E-state index in [4.69, 9.17) is 11.6 Å². The van der Waals surface area contributed by atoms with Crippen molar-refractivity contribution >= 4 is 21.6 Å². The molecular formula is C14H20ClFN2O2S. The second kappa shape index (κ2) is 7.05. The molecule has 1 saturated carbocycles. The average molecular weight is 335 g/mol. The summed E-state index contributed by atoms with van der Waals surface area (Å²) in [5.74, 6) is -0.290. The summed E-state index contributed by atoms with van der Waals surface area (Å²) >= 11 is 5.90. The molecule has 1 aliphatic rings. The third kappa shape index (κ3) is 4.64. The van der Waals surface area contributed by atoms with Gasteiger partial charge in [-0.25, -0.2) is 17.5 Å². The van der Waals surface area contributed by atoms with Crippen LogP contribution in [0, 0.1) is 11.7 Å². The van der Waals surface area contributed by atoms with Gasteiger partial charge in [0.25, 0.3) is 0 Å². The van der Waals surface area contributed by atoms with Crippen molar-refractivity contribution in [2.45, 2.75) is 37.6 Å². The SMILES string of the molecule is CCCNCc1cc(S(=O)(=O)NCC2CC2)cc(F)c1Cl. The molecule has 0 aromatic heterocycles. The number of benzene rings is 1. The fourth-order valence-electron chi connectivity index (χ4n) is 1.93. The molecule has 1 aromatic carbocycles. The Labute approximate surface area is 130 Å². The first-order valence-corrected chi connectivity index (χ1v) is 8.98. The number of hydrogen-bond acceptors (Lipinski definition) is 3. The van der Waals surface area contributed by atoms with Gasteiger partial charge in [0.1, 0.15) is 5.82 Å². The average Bonchev–Trinajstić information content (AvgIpc) is 3.25. The fourth-order valence-corrected chi connectivity index (χ4v) is 3.29. The zero-order valence-electron chi connectivity index (χ0n) is 12.0. The summed E-state index contributed by atoms with van der Waals surface area (Å²) in [5.41, 5.74) is 0.455. The van der Waals surface area contributed by atoms with E-state index < -0.39 is 15.8 Å². The lowest BCUT2D eigenvalue weighted by atomic mass is 10.2. The van der Waals surface area contributed by atoms with Gasteiger partial charge in [-0.3, -0.25) is 0 Å². The Bertz CT molecular complexity index is 603. The Morgan fingerprint density at radius 1 is 1.38 bits per heavy atom. The van der Waals surface area contributed by atoms with Gasteiger partial charge >= 0.3 is 0 Å². The Hall–Kier alpha value is -0.690. The van der Waals surface area contributed by atoms with E-state index in [1.54, 1.807) is 0 Å². The normalized spacial score (nSPS) is 15.4. The number of rotatable bonds is 8. The van der Waals surface area contributed by atoms with Crippen molar-refractivity contribution in [3.8, 4) is 0 Å². The van der Waals surface area contributed by atoms with Gasteiger partial charge in [-0.05, 0) is 49.4 Å². The minimum Gasteiger partial charge on any atom is -0.313 e. The molecule has 0 radical (unpaired) electrons. The quantitative estimate of drug-likeness (QED) is 0.719. The minimum absolute atomic E-state index is 0.0280. The van der Waals surface area contributed by atoms with Crippen molar-refractivity contribution in [2.24, 2.45) is 5.92 Å². The lowest BCUT2D eigenvalue weighted by Gasteiger charge is -2.11. The summed E-state index contributed by atoms with van der Waals surface area (Å²) in [6.07, 6.45) is 3.02. The molecule has 21 heavy (non-hydrogen) atoms. The number of hydrogen-bond donors (Lipinski definition) is 2. The topological polar surface area (TPSA) is 58.2 Å². The lowest BCUT2D eigenvalue weighted by Crippen LogP contribution is -2.26. The van der Waals surface area contributed by atoms with Crippen LogP contribution >= 0.6 is 11.6 Å². The summed E-state index contributed by atoms with van der Waals surface area (Å²) < 4.78 is 40.7.